The number of aromatic amines is 1. The van der Waals surface area contributed by atoms with Crippen LogP contribution in [0, 0.1) is 0 Å². The van der Waals surface area contributed by atoms with Crippen molar-refractivity contribution in [2.45, 2.75) is 30.2 Å². The second-order valence-electron chi connectivity index (χ2n) is 4.20. The molecule has 19 heavy (non-hydrogen) atoms. The molecule has 1 aromatic heterocycles. The van der Waals surface area contributed by atoms with Crippen molar-refractivity contribution >= 4 is 13.0 Å². The van der Waals surface area contributed by atoms with E-state index in [1.54, 1.807) is 0 Å². The summed E-state index contributed by atoms with van der Waals surface area (Å²) in [5.41, 5.74) is -1.29. The third-order valence-corrected chi connectivity index (χ3v) is 4.31. The predicted octanol–water partition coefficient (Wildman–Crippen LogP) is -2.02. The van der Waals surface area contributed by atoms with E-state index in [0.717, 1.165) is 10.6 Å². The van der Waals surface area contributed by atoms with Crippen molar-refractivity contribution < 1.29 is 21.7 Å². The monoisotopic (exact) mass is 340 g/mol. The number of aliphatic hydroxyl groups excluding tert-OH is 1. The first kappa shape index (κ1) is 14.1. The molecule has 106 valence electrons. The van der Waals surface area contributed by atoms with E-state index in [0.29, 0.717) is 0 Å². The first-order valence-electron chi connectivity index (χ1n) is 5.36. The van der Waals surface area contributed by atoms with Gasteiger partial charge in [0.2, 0.25) is 0 Å². The van der Waals surface area contributed by atoms with Gasteiger partial charge in [-0.05, 0) is 0 Å². The molecule has 0 aromatic carbocycles. The molecule has 2 heterocycles. The molecule has 1 fully saturated rings. The Labute approximate surface area is 108 Å². The van der Waals surface area contributed by atoms with Crippen molar-refractivity contribution in [1.29, 1.82) is 0 Å². The zero-order valence-electron chi connectivity index (χ0n) is 9.59. The van der Waals surface area contributed by atoms with Crippen LogP contribution in [0.5, 0.6) is 0 Å². The van der Waals surface area contributed by atoms with E-state index in [-0.39, 0.29) is 6.42 Å². The van der Waals surface area contributed by atoms with Gasteiger partial charge in [0.05, 0.1) is 0 Å². The molecule has 0 amide bonds. The van der Waals surface area contributed by atoms with Gasteiger partial charge in [-0.15, -0.1) is 0 Å². The molecule has 0 unspecified atom stereocenters. The molecular formula is C9H12N2O7Se. The SMILES string of the molecule is O=c1ccn([C@H]2C[C@H](O)[C@@H](C[Se](=O)(=O)O)O2)c(=O)[nH]1. The van der Waals surface area contributed by atoms with Crippen LogP contribution in [0.3, 0.4) is 0 Å². The van der Waals surface area contributed by atoms with Crippen LogP contribution in [-0.4, -0.2) is 44.1 Å². The molecule has 1 aromatic rings. The van der Waals surface area contributed by atoms with Crippen LogP contribution in [0.4, 0.5) is 0 Å². The summed E-state index contributed by atoms with van der Waals surface area (Å²) in [6.45, 7) is 0. The molecule has 10 heteroatoms. The Bertz CT molecular complexity index is 676. The fraction of sp³-hybridized carbons (Fsp3) is 0.556. The maximum absolute atomic E-state index is 11.5. The van der Waals surface area contributed by atoms with E-state index in [4.69, 9.17) is 8.93 Å². The Morgan fingerprint density at radius 1 is 1.47 bits per heavy atom. The number of H-pyrrole nitrogens is 1. The third-order valence-electron chi connectivity index (χ3n) is 2.74. The van der Waals surface area contributed by atoms with Gasteiger partial charge in [-0.1, -0.05) is 0 Å². The van der Waals surface area contributed by atoms with Crippen molar-refractivity contribution in [3.05, 3.63) is 33.1 Å². The van der Waals surface area contributed by atoms with Gasteiger partial charge in [-0.3, -0.25) is 0 Å². The molecule has 0 saturated carbocycles. The summed E-state index contributed by atoms with van der Waals surface area (Å²) in [6, 6.07) is 1.11. The Kier molecular flexibility index (Phi) is 3.70. The molecule has 0 bridgehead atoms. The number of nitrogens with zero attached hydrogens (tertiary/aromatic N) is 1. The van der Waals surface area contributed by atoms with E-state index in [1.165, 1.54) is 6.20 Å². The Morgan fingerprint density at radius 2 is 2.16 bits per heavy atom. The predicted molar refractivity (Wildman–Crippen MR) is 60.0 cm³/mol. The molecule has 1 aliphatic heterocycles. The van der Waals surface area contributed by atoms with E-state index in [1.807, 2.05) is 4.98 Å². The Hall–Kier alpha value is -1.32. The fourth-order valence-corrected chi connectivity index (χ4v) is 3.40. The number of hydrogen-bond donors (Lipinski definition) is 3. The van der Waals surface area contributed by atoms with Gasteiger partial charge in [0.15, 0.2) is 0 Å². The summed E-state index contributed by atoms with van der Waals surface area (Å²) >= 11 is -5.02. The Morgan fingerprint density at radius 3 is 2.74 bits per heavy atom. The normalized spacial score (nSPS) is 27.6. The van der Waals surface area contributed by atoms with Gasteiger partial charge in [-0.2, -0.15) is 0 Å². The number of aliphatic hydroxyl groups is 1. The molecule has 9 nitrogen and oxygen atoms in total. The number of rotatable bonds is 3. The van der Waals surface area contributed by atoms with E-state index >= 15 is 0 Å². The van der Waals surface area contributed by atoms with Gasteiger partial charge in [0, 0.05) is 0 Å². The molecule has 2 rings (SSSR count). The topological polar surface area (TPSA) is 139 Å². The van der Waals surface area contributed by atoms with Crippen LogP contribution in [0.15, 0.2) is 21.9 Å². The molecule has 3 N–H and O–H groups in total. The van der Waals surface area contributed by atoms with E-state index in [2.05, 4.69) is 0 Å². The molecule has 0 aliphatic carbocycles. The average molecular weight is 339 g/mol. The first-order chi connectivity index (χ1) is 8.76. The van der Waals surface area contributed by atoms with Crippen LogP contribution in [0.1, 0.15) is 12.6 Å². The molecule has 0 radical (unpaired) electrons. The number of aromatic nitrogens is 2. The fourth-order valence-electron chi connectivity index (χ4n) is 1.90. The van der Waals surface area contributed by atoms with Crippen LogP contribution in [-0.2, 0) is 12.4 Å². The van der Waals surface area contributed by atoms with Gasteiger partial charge in [0.25, 0.3) is 0 Å². The van der Waals surface area contributed by atoms with Crippen molar-refractivity contribution in [1.82, 2.24) is 9.55 Å². The zero-order valence-corrected chi connectivity index (χ0v) is 11.3. The maximum atomic E-state index is 11.5. The molecule has 1 saturated heterocycles. The first-order valence-corrected chi connectivity index (χ1v) is 8.74. The third kappa shape index (κ3) is 3.37. The number of hydrogen-bond acceptors (Lipinski definition) is 6. The summed E-state index contributed by atoms with van der Waals surface area (Å²) in [5, 5.41) is 8.97. The molecule has 3 atom stereocenters. The second-order valence-corrected chi connectivity index (χ2v) is 7.34. The van der Waals surface area contributed by atoms with Crippen LogP contribution < -0.4 is 11.2 Å². The summed E-state index contributed by atoms with van der Waals surface area (Å²) in [5.74, 6) is 0. The minimum absolute atomic E-state index is 0.0100. The van der Waals surface area contributed by atoms with Gasteiger partial charge in [-0.25, -0.2) is 0 Å². The van der Waals surface area contributed by atoms with Crippen molar-refractivity contribution in [2.24, 2.45) is 0 Å². The van der Waals surface area contributed by atoms with E-state index < -0.39 is 48.0 Å². The Balaban J connectivity index is 2.21. The van der Waals surface area contributed by atoms with Gasteiger partial charge in [0.1, 0.15) is 0 Å². The molecule has 0 spiro atoms. The van der Waals surface area contributed by atoms with Crippen LogP contribution >= 0.6 is 0 Å². The van der Waals surface area contributed by atoms with Crippen molar-refractivity contribution in [3.63, 3.8) is 0 Å². The minimum atomic E-state index is -5.02. The average Bonchev–Trinajstić information content (AvgIpc) is 2.57. The van der Waals surface area contributed by atoms with Crippen molar-refractivity contribution in [3.8, 4) is 0 Å². The van der Waals surface area contributed by atoms with Gasteiger partial charge < -0.3 is 0 Å². The summed E-state index contributed by atoms with van der Waals surface area (Å²) in [6.07, 6.45) is -1.91. The van der Waals surface area contributed by atoms with E-state index in [9.17, 15) is 22.4 Å². The quantitative estimate of drug-likeness (QED) is 0.540. The number of ether oxygens (including phenoxy) is 1. The standard InChI is InChI=1S/C9H12N2O7Se/c12-5-3-8(18-6(5)4-19(15,16)17)11-2-1-7(13)10-9(11)14/h1-2,5-6,8,12H,3-4H2,(H,10,13,14)(H,15,16,17)/t5-,6+,8+/m0/s1. The molecule has 1 aliphatic rings. The zero-order chi connectivity index (χ0) is 14.2. The van der Waals surface area contributed by atoms with Crippen LogP contribution in [0.2, 0.25) is 5.32 Å². The summed E-state index contributed by atoms with van der Waals surface area (Å²) < 4.78 is 36.7. The summed E-state index contributed by atoms with van der Waals surface area (Å²) in [4.78, 5) is 24.4. The second kappa shape index (κ2) is 4.99. The summed E-state index contributed by atoms with van der Waals surface area (Å²) in [7, 11) is 0. The van der Waals surface area contributed by atoms with Crippen LogP contribution in [0.25, 0.3) is 0 Å². The molecular weight excluding hydrogens is 327 g/mol. The van der Waals surface area contributed by atoms with Crippen molar-refractivity contribution in [2.75, 3.05) is 0 Å². The number of nitrogens with one attached hydrogen (secondary N) is 1. The van der Waals surface area contributed by atoms with Gasteiger partial charge >= 0.3 is 108 Å².